The standard InChI is InChI=1S/C15H12N2O4S/c1-20-13-9-7-12(8-10-13)15(11-16)17-21-22(18,19)14-5-3-2-4-6-14/h2-10H,1H3. The minimum Gasteiger partial charge on any atom is -0.497 e. The van der Waals surface area contributed by atoms with Crippen LogP contribution in [0.3, 0.4) is 0 Å². The number of hydrogen-bond donors (Lipinski definition) is 0. The van der Waals surface area contributed by atoms with Gasteiger partial charge < -0.3 is 4.74 Å². The summed E-state index contributed by atoms with van der Waals surface area (Å²) in [6.45, 7) is 0. The fourth-order valence-corrected chi connectivity index (χ4v) is 2.35. The molecule has 2 aromatic rings. The Morgan fingerprint density at radius 1 is 1.09 bits per heavy atom. The topological polar surface area (TPSA) is 88.8 Å². The molecule has 112 valence electrons. The van der Waals surface area contributed by atoms with E-state index in [1.807, 2.05) is 0 Å². The SMILES string of the molecule is COc1ccc(C(C#N)=NOS(=O)(=O)c2ccccc2)cc1. The van der Waals surface area contributed by atoms with Crippen molar-refractivity contribution in [3.8, 4) is 11.8 Å². The molecule has 6 nitrogen and oxygen atoms in total. The van der Waals surface area contributed by atoms with Crippen LogP contribution in [-0.4, -0.2) is 21.2 Å². The molecule has 0 saturated carbocycles. The summed E-state index contributed by atoms with van der Waals surface area (Å²) in [6, 6.07) is 15.8. The van der Waals surface area contributed by atoms with E-state index >= 15 is 0 Å². The Kier molecular flexibility index (Phi) is 4.76. The van der Waals surface area contributed by atoms with Gasteiger partial charge in [-0.15, -0.1) is 0 Å². The Hall–Kier alpha value is -2.85. The van der Waals surface area contributed by atoms with Crippen LogP contribution in [0.25, 0.3) is 0 Å². The first-order valence-electron chi connectivity index (χ1n) is 6.18. The molecule has 0 atom stereocenters. The molecule has 0 amide bonds. The van der Waals surface area contributed by atoms with Gasteiger partial charge in [0.15, 0.2) is 5.71 Å². The molecule has 0 saturated heterocycles. The maximum atomic E-state index is 11.9. The van der Waals surface area contributed by atoms with Crippen LogP contribution in [0.15, 0.2) is 64.6 Å². The smallest absolute Gasteiger partial charge is 0.358 e. The van der Waals surface area contributed by atoms with E-state index in [9.17, 15) is 8.42 Å². The van der Waals surface area contributed by atoms with Crippen LogP contribution in [0.1, 0.15) is 5.56 Å². The predicted octanol–water partition coefficient (Wildman–Crippen LogP) is 2.33. The Morgan fingerprint density at radius 2 is 1.73 bits per heavy atom. The molecule has 0 N–H and O–H groups in total. The first-order chi connectivity index (χ1) is 10.6. The van der Waals surface area contributed by atoms with Crippen molar-refractivity contribution in [3.63, 3.8) is 0 Å². The van der Waals surface area contributed by atoms with Gasteiger partial charge in [-0.05, 0) is 36.4 Å². The lowest BCUT2D eigenvalue weighted by molar-refractivity contribution is 0.339. The lowest BCUT2D eigenvalue weighted by atomic mass is 10.1. The third-order valence-corrected chi connectivity index (χ3v) is 3.85. The van der Waals surface area contributed by atoms with Gasteiger partial charge in [0.2, 0.25) is 0 Å². The summed E-state index contributed by atoms with van der Waals surface area (Å²) < 4.78 is 33.4. The van der Waals surface area contributed by atoms with Gasteiger partial charge in [-0.2, -0.15) is 13.7 Å². The van der Waals surface area contributed by atoms with Crippen molar-refractivity contribution in [1.82, 2.24) is 0 Å². The molecular weight excluding hydrogens is 304 g/mol. The van der Waals surface area contributed by atoms with Gasteiger partial charge in [0, 0.05) is 5.56 Å². The van der Waals surface area contributed by atoms with Crippen molar-refractivity contribution >= 4 is 15.8 Å². The molecule has 2 rings (SSSR count). The number of oxime groups is 1. The van der Waals surface area contributed by atoms with Crippen LogP contribution in [-0.2, 0) is 14.4 Å². The second-order valence-corrected chi connectivity index (χ2v) is 5.65. The van der Waals surface area contributed by atoms with Gasteiger partial charge in [-0.1, -0.05) is 23.4 Å². The largest absolute Gasteiger partial charge is 0.497 e. The summed E-state index contributed by atoms with van der Waals surface area (Å²) in [5, 5.41) is 12.5. The molecule has 0 heterocycles. The normalized spacial score (nSPS) is 11.5. The van der Waals surface area contributed by atoms with Crippen molar-refractivity contribution in [3.05, 3.63) is 60.2 Å². The highest BCUT2D eigenvalue weighted by atomic mass is 32.2. The van der Waals surface area contributed by atoms with Gasteiger partial charge in [0.25, 0.3) is 0 Å². The molecule has 0 radical (unpaired) electrons. The second-order valence-electron chi connectivity index (χ2n) is 4.12. The van der Waals surface area contributed by atoms with Crippen LogP contribution in [0.4, 0.5) is 0 Å². The summed E-state index contributed by atoms with van der Waals surface area (Å²) in [6.07, 6.45) is 0. The number of hydrogen-bond acceptors (Lipinski definition) is 6. The van der Waals surface area contributed by atoms with E-state index in [4.69, 9.17) is 10.00 Å². The fraction of sp³-hybridized carbons (Fsp3) is 0.0667. The summed E-state index contributed by atoms with van der Waals surface area (Å²) >= 11 is 0. The Balaban J connectivity index is 2.24. The second kappa shape index (κ2) is 6.74. The summed E-state index contributed by atoms with van der Waals surface area (Å²) in [7, 11) is -2.53. The number of ether oxygens (including phenoxy) is 1. The van der Waals surface area contributed by atoms with E-state index in [0.717, 1.165) is 0 Å². The first-order valence-corrected chi connectivity index (χ1v) is 7.59. The van der Waals surface area contributed by atoms with E-state index in [0.29, 0.717) is 11.3 Å². The monoisotopic (exact) mass is 316 g/mol. The zero-order chi connectivity index (χ0) is 16.0. The van der Waals surface area contributed by atoms with Crippen LogP contribution in [0.5, 0.6) is 5.75 Å². The minimum absolute atomic E-state index is 0.0363. The van der Waals surface area contributed by atoms with Gasteiger partial charge in [0.1, 0.15) is 16.7 Å². The highest BCUT2D eigenvalue weighted by molar-refractivity contribution is 7.86. The van der Waals surface area contributed by atoms with E-state index in [2.05, 4.69) is 9.44 Å². The number of rotatable bonds is 5. The van der Waals surface area contributed by atoms with Crippen molar-refractivity contribution in [2.45, 2.75) is 4.90 Å². The van der Waals surface area contributed by atoms with Crippen molar-refractivity contribution in [2.24, 2.45) is 5.16 Å². The summed E-state index contributed by atoms with van der Waals surface area (Å²) in [5.74, 6) is 0.610. The first kappa shape index (κ1) is 15.5. The molecule has 0 unspecified atom stereocenters. The number of nitriles is 1. The minimum atomic E-state index is -4.05. The molecule has 0 aromatic heterocycles. The molecule has 0 aliphatic rings. The quantitative estimate of drug-likeness (QED) is 0.624. The van der Waals surface area contributed by atoms with Crippen LogP contribution in [0.2, 0.25) is 0 Å². The molecular formula is C15H12N2O4S. The molecule has 7 heteroatoms. The molecule has 2 aromatic carbocycles. The maximum Gasteiger partial charge on any atom is 0.358 e. The third kappa shape index (κ3) is 3.62. The number of methoxy groups -OCH3 is 1. The maximum absolute atomic E-state index is 11.9. The van der Waals surface area contributed by atoms with Gasteiger partial charge in [-0.25, -0.2) is 0 Å². The van der Waals surface area contributed by atoms with Crippen LogP contribution in [0, 0.1) is 11.3 Å². The lowest BCUT2D eigenvalue weighted by Crippen LogP contribution is -2.05. The van der Waals surface area contributed by atoms with Crippen LogP contribution < -0.4 is 4.74 Å². The number of benzene rings is 2. The summed E-state index contributed by atoms with van der Waals surface area (Å²) in [5.41, 5.74) is 0.272. The molecule has 0 aliphatic carbocycles. The predicted molar refractivity (Wildman–Crippen MR) is 79.9 cm³/mol. The molecule has 0 fully saturated rings. The lowest BCUT2D eigenvalue weighted by Gasteiger charge is -2.03. The Labute approximate surface area is 128 Å². The highest BCUT2D eigenvalue weighted by Gasteiger charge is 2.16. The van der Waals surface area contributed by atoms with Crippen molar-refractivity contribution in [2.75, 3.05) is 7.11 Å². The zero-order valence-electron chi connectivity index (χ0n) is 11.6. The average Bonchev–Trinajstić information content (AvgIpc) is 2.57. The Morgan fingerprint density at radius 3 is 2.27 bits per heavy atom. The molecule has 0 aliphatic heterocycles. The zero-order valence-corrected chi connectivity index (χ0v) is 12.4. The fourth-order valence-electron chi connectivity index (χ4n) is 1.60. The van der Waals surface area contributed by atoms with E-state index < -0.39 is 10.1 Å². The van der Waals surface area contributed by atoms with Crippen molar-refractivity contribution < 1.29 is 17.4 Å². The Bertz CT molecular complexity index is 807. The van der Waals surface area contributed by atoms with Gasteiger partial charge in [0.05, 0.1) is 7.11 Å². The third-order valence-electron chi connectivity index (χ3n) is 2.73. The average molecular weight is 316 g/mol. The number of nitrogens with zero attached hydrogens (tertiary/aromatic N) is 2. The molecule has 0 spiro atoms. The summed E-state index contributed by atoms with van der Waals surface area (Å²) in [4.78, 5) is -0.0363. The van der Waals surface area contributed by atoms with E-state index in [1.54, 1.807) is 48.5 Å². The molecule has 0 bridgehead atoms. The van der Waals surface area contributed by atoms with Gasteiger partial charge in [-0.3, -0.25) is 4.28 Å². The highest BCUT2D eigenvalue weighted by Crippen LogP contribution is 2.14. The van der Waals surface area contributed by atoms with Crippen LogP contribution >= 0.6 is 0 Å². The molecule has 22 heavy (non-hydrogen) atoms. The van der Waals surface area contributed by atoms with Crippen molar-refractivity contribution in [1.29, 1.82) is 5.26 Å². The van der Waals surface area contributed by atoms with Gasteiger partial charge >= 0.3 is 10.1 Å². The van der Waals surface area contributed by atoms with E-state index in [-0.39, 0.29) is 10.6 Å². The van der Waals surface area contributed by atoms with E-state index in [1.165, 1.54) is 19.2 Å².